The first-order valence-corrected chi connectivity index (χ1v) is 7.71. The van der Waals surface area contributed by atoms with Gasteiger partial charge in [-0.25, -0.2) is 4.98 Å². The molecule has 1 aromatic carbocycles. The van der Waals surface area contributed by atoms with Crippen molar-refractivity contribution in [3.63, 3.8) is 0 Å². The van der Waals surface area contributed by atoms with Crippen LogP contribution in [0.25, 0.3) is 21.7 Å². The van der Waals surface area contributed by atoms with Gasteiger partial charge in [-0.05, 0) is 30.2 Å². The van der Waals surface area contributed by atoms with Gasteiger partial charge in [0.25, 0.3) is 0 Å². The van der Waals surface area contributed by atoms with E-state index in [1.54, 1.807) is 12.4 Å². The van der Waals surface area contributed by atoms with Crippen molar-refractivity contribution in [2.75, 3.05) is 5.32 Å². The Bertz CT molecular complexity index is 812. The minimum absolute atomic E-state index is 0.119. The van der Waals surface area contributed by atoms with Gasteiger partial charge in [-0.3, -0.25) is 9.78 Å². The number of pyridine rings is 1. The molecule has 0 atom stereocenters. The molecule has 4 nitrogen and oxygen atoms in total. The first-order valence-electron chi connectivity index (χ1n) is 6.90. The van der Waals surface area contributed by atoms with E-state index in [0.717, 1.165) is 27.3 Å². The monoisotopic (exact) mass is 309 g/mol. The van der Waals surface area contributed by atoms with E-state index in [9.17, 15) is 4.79 Å². The molecule has 1 N–H and O–H groups in total. The molecule has 0 spiro atoms. The van der Waals surface area contributed by atoms with Crippen molar-refractivity contribution in [3.05, 3.63) is 54.4 Å². The summed E-state index contributed by atoms with van der Waals surface area (Å²) in [4.78, 5) is 21.0. The molecular formula is C17H15N3OS. The highest BCUT2D eigenvalue weighted by atomic mass is 32.1. The summed E-state index contributed by atoms with van der Waals surface area (Å²) < 4.78 is 0. The number of thiazole rings is 1. The molecule has 0 saturated heterocycles. The van der Waals surface area contributed by atoms with E-state index in [2.05, 4.69) is 28.3 Å². The Hall–Kier alpha value is -2.53. The number of nitrogens with one attached hydrogen (secondary N) is 1. The van der Waals surface area contributed by atoms with Gasteiger partial charge in [0.1, 0.15) is 0 Å². The Morgan fingerprint density at radius 2 is 1.86 bits per heavy atom. The molecule has 5 heteroatoms. The van der Waals surface area contributed by atoms with Crippen LogP contribution in [-0.2, 0) is 4.79 Å². The Kier molecular flexibility index (Phi) is 3.98. The number of aromatic nitrogens is 2. The van der Waals surface area contributed by atoms with Crippen molar-refractivity contribution in [2.45, 2.75) is 13.8 Å². The number of rotatable bonds is 3. The molecule has 1 amide bonds. The molecule has 3 rings (SSSR count). The molecule has 0 radical (unpaired) electrons. The van der Waals surface area contributed by atoms with Crippen molar-refractivity contribution < 1.29 is 4.79 Å². The van der Waals surface area contributed by atoms with Gasteiger partial charge < -0.3 is 5.32 Å². The molecule has 0 aliphatic carbocycles. The lowest BCUT2D eigenvalue weighted by Crippen LogP contribution is -2.04. The van der Waals surface area contributed by atoms with Crippen LogP contribution in [0.15, 0.2) is 48.8 Å². The van der Waals surface area contributed by atoms with Crippen molar-refractivity contribution in [3.8, 4) is 21.7 Å². The lowest BCUT2D eigenvalue weighted by Gasteiger charge is -2.05. The third-order valence-corrected chi connectivity index (χ3v) is 4.27. The molecule has 0 unspecified atom stereocenters. The highest BCUT2D eigenvalue weighted by Gasteiger charge is 2.16. The summed E-state index contributed by atoms with van der Waals surface area (Å²) in [5, 5.41) is 3.39. The standard InChI is InChI=1S/C17H15N3OS/c1-11-5-3-4-6-14(11)15-16(13-7-9-18-10-8-13)22-17(20-15)19-12(2)21/h3-10H,1-2H3,(H,19,20,21). The van der Waals surface area contributed by atoms with Crippen LogP contribution in [0, 0.1) is 6.92 Å². The van der Waals surface area contributed by atoms with E-state index in [0.29, 0.717) is 5.13 Å². The van der Waals surface area contributed by atoms with Gasteiger partial charge in [0, 0.05) is 24.9 Å². The van der Waals surface area contributed by atoms with Crippen LogP contribution in [-0.4, -0.2) is 15.9 Å². The maximum absolute atomic E-state index is 11.3. The summed E-state index contributed by atoms with van der Waals surface area (Å²) in [7, 11) is 0. The second-order valence-corrected chi connectivity index (χ2v) is 5.93. The smallest absolute Gasteiger partial charge is 0.223 e. The average Bonchev–Trinajstić information content (AvgIpc) is 2.91. The molecule has 2 heterocycles. The van der Waals surface area contributed by atoms with Gasteiger partial charge in [0.05, 0.1) is 10.6 Å². The van der Waals surface area contributed by atoms with Crippen molar-refractivity contribution in [1.82, 2.24) is 9.97 Å². The summed E-state index contributed by atoms with van der Waals surface area (Å²) in [5.74, 6) is -0.119. The second kappa shape index (κ2) is 6.07. The van der Waals surface area contributed by atoms with Crippen molar-refractivity contribution >= 4 is 22.4 Å². The third kappa shape index (κ3) is 2.89. The van der Waals surface area contributed by atoms with Crippen molar-refractivity contribution in [1.29, 1.82) is 0 Å². The molecule has 0 bridgehead atoms. The Morgan fingerprint density at radius 3 is 2.55 bits per heavy atom. The molecule has 3 aromatic rings. The number of anilines is 1. The topological polar surface area (TPSA) is 54.9 Å². The van der Waals surface area contributed by atoms with Gasteiger partial charge in [-0.1, -0.05) is 35.6 Å². The maximum atomic E-state index is 11.3. The summed E-state index contributed by atoms with van der Waals surface area (Å²) in [5.41, 5.74) is 4.15. The van der Waals surface area contributed by atoms with E-state index < -0.39 is 0 Å². The molecule has 110 valence electrons. The lowest BCUT2D eigenvalue weighted by molar-refractivity contribution is -0.114. The van der Waals surface area contributed by atoms with Gasteiger partial charge in [0.15, 0.2) is 5.13 Å². The van der Waals surface area contributed by atoms with Crippen LogP contribution >= 0.6 is 11.3 Å². The van der Waals surface area contributed by atoms with Crippen LogP contribution in [0.1, 0.15) is 12.5 Å². The van der Waals surface area contributed by atoms with E-state index in [1.165, 1.54) is 18.3 Å². The highest BCUT2D eigenvalue weighted by molar-refractivity contribution is 7.19. The van der Waals surface area contributed by atoms with Crippen molar-refractivity contribution in [2.24, 2.45) is 0 Å². The fraction of sp³-hybridized carbons (Fsp3) is 0.118. The van der Waals surface area contributed by atoms with Crippen LogP contribution in [0.4, 0.5) is 5.13 Å². The predicted molar refractivity (Wildman–Crippen MR) is 89.8 cm³/mol. The SMILES string of the molecule is CC(=O)Nc1nc(-c2ccccc2C)c(-c2ccncc2)s1. The maximum Gasteiger partial charge on any atom is 0.223 e. The number of aryl methyl sites for hydroxylation is 1. The molecule has 0 aliphatic rings. The Morgan fingerprint density at radius 1 is 1.14 bits per heavy atom. The first-order chi connectivity index (χ1) is 10.6. The number of benzene rings is 1. The Balaban J connectivity index is 2.17. The normalized spacial score (nSPS) is 10.5. The molecule has 0 saturated carbocycles. The van der Waals surface area contributed by atoms with Gasteiger partial charge in [0.2, 0.25) is 5.91 Å². The number of carbonyl (C=O) groups excluding carboxylic acids is 1. The van der Waals surface area contributed by atoms with Gasteiger partial charge in [-0.15, -0.1) is 0 Å². The van der Waals surface area contributed by atoms with E-state index in [1.807, 2.05) is 30.3 Å². The lowest BCUT2D eigenvalue weighted by atomic mass is 10.0. The predicted octanol–water partition coefficient (Wildman–Crippen LogP) is 4.14. The summed E-state index contributed by atoms with van der Waals surface area (Å²) in [6.07, 6.45) is 3.52. The molecule has 2 aromatic heterocycles. The molecule has 0 fully saturated rings. The largest absolute Gasteiger partial charge is 0.302 e. The zero-order chi connectivity index (χ0) is 15.5. The van der Waals surface area contributed by atoms with E-state index in [4.69, 9.17) is 0 Å². The Labute approximate surface area is 132 Å². The van der Waals surface area contributed by atoms with E-state index in [-0.39, 0.29) is 5.91 Å². The van der Waals surface area contributed by atoms with Crippen LogP contribution < -0.4 is 5.32 Å². The molecule has 0 aliphatic heterocycles. The number of nitrogens with zero attached hydrogens (tertiary/aromatic N) is 2. The van der Waals surface area contributed by atoms with E-state index >= 15 is 0 Å². The molecular weight excluding hydrogens is 294 g/mol. The van der Waals surface area contributed by atoms with Gasteiger partial charge >= 0.3 is 0 Å². The fourth-order valence-corrected chi connectivity index (χ4v) is 3.28. The van der Waals surface area contributed by atoms with Crippen LogP contribution in [0.5, 0.6) is 0 Å². The van der Waals surface area contributed by atoms with Crippen LogP contribution in [0.3, 0.4) is 0 Å². The summed E-state index contributed by atoms with van der Waals surface area (Å²) >= 11 is 1.47. The molecule has 22 heavy (non-hydrogen) atoms. The second-order valence-electron chi connectivity index (χ2n) is 4.93. The summed E-state index contributed by atoms with van der Waals surface area (Å²) in [6, 6.07) is 12.0. The fourth-order valence-electron chi connectivity index (χ4n) is 2.24. The third-order valence-electron chi connectivity index (χ3n) is 3.25. The zero-order valence-electron chi connectivity index (χ0n) is 12.3. The number of hydrogen-bond donors (Lipinski definition) is 1. The minimum Gasteiger partial charge on any atom is -0.302 e. The average molecular weight is 309 g/mol. The summed E-state index contributed by atoms with van der Waals surface area (Å²) in [6.45, 7) is 3.55. The first kappa shape index (κ1) is 14.4. The quantitative estimate of drug-likeness (QED) is 0.791. The number of carbonyl (C=O) groups is 1. The zero-order valence-corrected chi connectivity index (χ0v) is 13.1. The van der Waals surface area contributed by atoms with Crippen LogP contribution in [0.2, 0.25) is 0 Å². The number of hydrogen-bond acceptors (Lipinski definition) is 4. The minimum atomic E-state index is -0.119. The number of amides is 1. The highest BCUT2D eigenvalue weighted by Crippen LogP contribution is 2.39. The van der Waals surface area contributed by atoms with Gasteiger partial charge in [-0.2, -0.15) is 0 Å².